The second kappa shape index (κ2) is 7.04. The van der Waals surface area contributed by atoms with E-state index in [-0.39, 0.29) is 12.3 Å². The average Bonchev–Trinajstić information content (AvgIpc) is 2.60. The highest BCUT2D eigenvalue weighted by Gasteiger charge is 2.10. The Morgan fingerprint density at radius 1 is 1.08 bits per heavy atom. The molecule has 1 amide bonds. The van der Waals surface area contributed by atoms with E-state index in [9.17, 15) is 19.5 Å². The third-order valence-electron chi connectivity index (χ3n) is 3.86. The summed E-state index contributed by atoms with van der Waals surface area (Å²) in [6, 6.07) is 13.3. The third-order valence-corrected chi connectivity index (χ3v) is 3.86. The van der Waals surface area contributed by atoms with Crippen LogP contribution in [0.4, 0.5) is 0 Å². The molecule has 0 spiro atoms. The first-order valence-corrected chi connectivity index (χ1v) is 7.81. The van der Waals surface area contributed by atoms with E-state index in [4.69, 9.17) is 0 Å². The molecule has 1 heterocycles. The lowest BCUT2D eigenvalue weighted by Crippen LogP contribution is -2.41. The number of amides is 1. The Labute approximate surface area is 142 Å². The monoisotopic (exact) mass is 339 g/mol. The molecule has 7 heteroatoms. The number of nitrogens with one attached hydrogen (secondary N) is 2. The molecule has 0 aliphatic rings. The van der Waals surface area contributed by atoms with E-state index in [1.165, 1.54) is 0 Å². The molecule has 25 heavy (non-hydrogen) atoms. The largest absolute Gasteiger partial charge is 0.508 e. The van der Waals surface area contributed by atoms with Crippen molar-refractivity contribution in [2.24, 2.45) is 0 Å². The molecule has 0 saturated carbocycles. The van der Waals surface area contributed by atoms with E-state index in [0.717, 1.165) is 10.1 Å². The predicted molar refractivity (Wildman–Crippen MR) is 93.6 cm³/mol. The lowest BCUT2D eigenvalue weighted by molar-refractivity contribution is -0.121. The first kappa shape index (κ1) is 16.5. The Morgan fingerprint density at radius 3 is 2.56 bits per heavy atom. The molecule has 0 saturated heterocycles. The van der Waals surface area contributed by atoms with Crippen molar-refractivity contribution in [3.05, 3.63) is 74.9 Å². The normalized spacial score (nSPS) is 10.7. The minimum Gasteiger partial charge on any atom is -0.508 e. The summed E-state index contributed by atoms with van der Waals surface area (Å²) in [5.41, 5.74) is 0.297. The Hall–Kier alpha value is -3.35. The fourth-order valence-corrected chi connectivity index (χ4v) is 2.55. The van der Waals surface area contributed by atoms with E-state index in [1.807, 2.05) is 0 Å². The Bertz CT molecular complexity index is 1020. The van der Waals surface area contributed by atoms with Crippen molar-refractivity contribution in [1.82, 2.24) is 14.9 Å². The van der Waals surface area contributed by atoms with Crippen LogP contribution in [0.25, 0.3) is 10.9 Å². The molecule has 3 N–H and O–H groups in total. The molecule has 128 valence electrons. The number of benzene rings is 2. The standard InChI is InChI=1S/C18H17N3O4/c22-13-7-5-12(6-8-13)9-10-19-16(23)11-21-17(24)14-3-1-2-4-15(14)20-18(21)25/h1-8,22H,9-11H2,(H,19,23)(H,20,25). The number of H-pyrrole nitrogens is 1. The number of phenols is 1. The zero-order valence-corrected chi connectivity index (χ0v) is 13.4. The zero-order chi connectivity index (χ0) is 17.8. The number of phenolic OH excluding ortho intramolecular Hbond substituents is 1. The van der Waals surface area contributed by atoms with Crippen molar-refractivity contribution < 1.29 is 9.90 Å². The molecular formula is C18H17N3O4. The Kier molecular flexibility index (Phi) is 4.65. The first-order chi connectivity index (χ1) is 12.0. The quantitative estimate of drug-likeness (QED) is 0.638. The van der Waals surface area contributed by atoms with Crippen LogP contribution in [0, 0.1) is 0 Å². The summed E-state index contributed by atoms with van der Waals surface area (Å²) in [5, 5.41) is 12.3. The van der Waals surface area contributed by atoms with Crippen LogP contribution < -0.4 is 16.6 Å². The maximum absolute atomic E-state index is 12.4. The minimum atomic E-state index is -0.614. The van der Waals surface area contributed by atoms with Crippen molar-refractivity contribution in [1.29, 1.82) is 0 Å². The van der Waals surface area contributed by atoms with Gasteiger partial charge in [-0.15, -0.1) is 0 Å². The van der Waals surface area contributed by atoms with Crippen LogP contribution >= 0.6 is 0 Å². The number of nitrogens with zero attached hydrogens (tertiary/aromatic N) is 1. The van der Waals surface area contributed by atoms with Gasteiger partial charge in [0.05, 0.1) is 10.9 Å². The van der Waals surface area contributed by atoms with E-state index in [1.54, 1.807) is 48.5 Å². The summed E-state index contributed by atoms with van der Waals surface area (Å²) >= 11 is 0. The highest BCUT2D eigenvalue weighted by Crippen LogP contribution is 2.09. The smallest absolute Gasteiger partial charge is 0.329 e. The lowest BCUT2D eigenvalue weighted by Gasteiger charge is -2.08. The number of para-hydroxylation sites is 1. The van der Waals surface area contributed by atoms with Gasteiger partial charge in [0.1, 0.15) is 12.3 Å². The van der Waals surface area contributed by atoms with Gasteiger partial charge in [0.2, 0.25) is 5.91 Å². The summed E-state index contributed by atoms with van der Waals surface area (Å²) in [4.78, 5) is 39.0. The molecule has 1 aromatic heterocycles. The van der Waals surface area contributed by atoms with Gasteiger partial charge in [0.25, 0.3) is 5.56 Å². The number of aromatic hydroxyl groups is 1. The molecule has 7 nitrogen and oxygen atoms in total. The second-order valence-electron chi connectivity index (χ2n) is 5.63. The van der Waals surface area contributed by atoms with Crippen LogP contribution in [0.2, 0.25) is 0 Å². The van der Waals surface area contributed by atoms with Gasteiger partial charge in [-0.3, -0.25) is 14.2 Å². The van der Waals surface area contributed by atoms with Crippen LogP contribution in [0.3, 0.4) is 0 Å². The van der Waals surface area contributed by atoms with Crippen LogP contribution in [-0.4, -0.2) is 27.1 Å². The van der Waals surface area contributed by atoms with Gasteiger partial charge < -0.3 is 15.4 Å². The molecule has 0 radical (unpaired) electrons. The van der Waals surface area contributed by atoms with Gasteiger partial charge in [-0.1, -0.05) is 24.3 Å². The van der Waals surface area contributed by atoms with Gasteiger partial charge in [0, 0.05) is 6.54 Å². The maximum atomic E-state index is 12.4. The third kappa shape index (κ3) is 3.77. The van der Waals surface area contributed by atoms with Gasteiger partial charge in [-0.05, 0) is 36.2 Å². The van der Waals surface area contributed by atoms with Crippen LogP contribution in [0.1, 0.15) is 5.56 Å². The van der Waals surface area contributed by atoms with Gasteiger partial charge in [0.15, 0.2) is 0 Å². The number of aromatic amines is 1. The molecule has 0 unspecified atom stereocenters. The van der Waals surface area contributed by atoms with Crippen molar-refractivity contribution in [2.45, 2.75) is 13.0 Å². The van der Waals surface area contributed by atoms with Crippen molar-refractivity contribution in [3.63, 3.8) is 0 Å². The number of carbonyl (C=O) groups is 1. The summed E-state index contributed by atoms with van der Waals surface area (Å²) < 4.78 is 0.887. The topological polar surface area (TPSA) is 104 Å². The Balaban J connectivity index is 1.67. The van der Waals surface area contributed by atoms with E-state index >= 15 is 0 Å². The second-order valence-corrected chi connectivity index (χ2v) is 5.63. The van der Waals surface area contributed by atoms with Gasteiger partial charge in [-0.2, -0.15) is 0 Å². The molecule has 2 aromatic carbocycles. The average molecular weight is 339 g/mol. The number of aromatic nitrogens is 2. The van der Waals surface area contributed by atoms with Crippen LogP contribution in [-0.2, 0) is 17.8 Å². The number of hydrogen-bond acceptors (Lipinski definition) is 4. The molecule has 0 bridgehead atoms. The molecule has 3 rings (SSSR count). The summed E-state index contributed by atoms with van der Waals surface area (Å²) in [6.07, 6.45) is 0.578. The number of rotatable bonds is 5. The molecule has 0 atom stereocenters. The number of fused-ring (bicyclic) bond motifs is 1. The molecular weight excluding hydrogens is 322 g/mol. The van der Waals surface area contributed by atoms with Crippen LogP contribution in [0.5, 0.6) is 5.75 Å². The highest BCUT2D eigenvalue weighted by molar-refractivity contribution is 5.78. The van der Waals surface area contributed by atoms with E-state index < -0.39 is 17.2 Å². The number of hydrogen-bond donors (Lipinski definition) is 3. The van der Waals surface area contributed by atoms with E-state index in [0.29, 0.717) is 23.9 Å². The summed E-state index contributed by atoms with van der Waals surface area (Å²) in [6.45, 7) is 0.0262. The predicted octanol–water partition coefficient (Wildman–Crippen LogP) is 0.754. The molecule has 0 fully saturated rings. The molecule has 0 aliphatic carbocycles. The summed E-state index contributed by atoms with van der Waals surface area (Å²) in [7, 11) is 0. The fourth-order valence-electron chi connectivity index (χ4n) is 2.55. The fraction of sp³-hybridized carbons (Fsp3) is 0.167. The molecule has 3 aromatic rings. The van der Waals surface area contributed by atoms with Crippen molar-refractivity contribution in [3.8, 4) is 5.75 Å². The van der Waals surface area contributed by atoms with Gasteiger partial charge in [-0.25, -0.2) is 4.79 Å². The first-order valence-electron chi connectivity index (χ1n) is 7.81. The lowest BCUT2D eigenvalue weighted by atomic mass is 10.1. The zero-order valence-electron chi connectivity index (χ0n) is 13.4. The van der Waals surface area contributed by atoms with E-state index in [2.05, 4.69) is 10.3 Å². The summed E-state index contributed by atoms with van der Waals surface area (Å²) in [5.74, 6) is -0.232. The number of carbonyl (C=O) groups excluding carboxylic acids is 1. The maximum Gasteiger partial charge on any atom is 0.329 e. The van der Waals surface area contributed by atoms with Crippen LogP contribution in [0.15, 0.2) is 58.1 Å². The molecule has 0 aliphatic heterocycles. The van der Waals surface area contributed by atoms with Crippen molar-refractivity contribution >= 4 is 16.8 Å². The van der Waals surface area contributed by atoms with Gasteiger partial charge >= 0.3 is 5.69 Å². The SMILES string of the molecule is O=C(Cn1c(=O)[nH]c2ccccc2c1=O)NCCc1ccc(O)cc1. The highest BCUT2D eigenvalue weighted by atomic mass is 16.3. The van der Waals surface area contributed by atoms with Crippen molar-refractivity contribution in [2.75, 3.05) is 6.54 Å². The Morgan fingerprint density at radius 2 is 1.80 bits per heavy atom. The minimum absolute atomic E-state index is 0.183.